The molecule has 1 aromatic rings. The van der Waals surface area contributed by atoms with Crippen molar-refractivity contribution in [2.75, 3.05) is 7.05 Å². The van der Waals surface area contributed by atoms with Crippen molar-refractivity contribution < 1.29 is 4.92 Å². The normalized spacial score (nSPS) is 14.4. The number of rotatable bonds is 6. The number of halogens is 1. The average Bonchev–Trinajstić information content (AvgIpc) is 2.35. The fourth-order valence-corrected chi connectivity index (χ4v) is 2.50. The summed E-state index contributed by atoms with van der Waals surface area (Å²) >= 11 is 5.83. The molecule has 0 aliphatic carbocycles. The Balaban J connectivity index is 3.06. The molecule has 1 aromatic carbocycles. The summed E-state index contributed by atoms with van der Waals surface area (Å²) in [6.45, 7) is 6.38. The minimum Gasteiger partial charge on any atom is -0.317 e. The van der Waals surface area contributed by atoms with Gasteiger partial charge < -0.3 is 5.32 Å². The van der Waals surface area contributed by atoms with E-state index in [1.165, 1.54) is 6.07 Å². The van der Waals surface area contributed by atoms with E-state index in [4.69, 9.17) is 11.6 Å². The van der Waals surface area contributed by atoms with E-state index in [2.05, 4.69) is 26.1 Å². The Bertz CT molecular complexity index is 449. The molecule has 1 N–H and O–H groups in total. The molecule has 0 bridgehead atoms. The van der Waals surface area contributed by atoms with Gasteiger partial charge >= 0.3 is 0 Å². The Morgan fingerprint density at radius 1 is 1.37 bits per heavy atom. The zero-order valence-corrected chi connectivity index (χ0v) is 12.6. The minimum atomic E-state index is -0.358. The highest BCUT2D eigenvalue weighted by Crippen LogP contribution is 2.28. The topological polar surface area (TPSA) is 55.2 Å². The smallest absolute Gasteiger partial charge is 0.274 e. The first-order chi connectivity index (χ1) is 8.86. The third-order valence-electron chi connectivity index (χ3n) is 3.65. The number of hydrogen-bond acceptors (Lipinski definition) is 3. The zero-order chi connectivity index (χ0) is 14.6. The molecule has 0 heterocycles. The number of benzene rings is 1. The Hall–Kier alpha value is -1.13. The Kier molecular flexibility index (Phi) is 5.76. The van der Waals surface area contributed by atoms with Crippen molar-refractivity contribution in [2.45, 2.75) is 33.2 Å². The number of nitrogens with one attached hydrogen (secondary N) is 1. The van der Waals surface area contributed by atoms with E-state index in [1.54, 1.807) is 12.1 Å². The average molecular weight is 285 g/mol. The van der Waals surface area contributed by atoms with Crippen LogP contribution in [0.3, 0.4) is 0 Å². The van der Waals surface area contributed by atoms with Gasteiger partial charge in [0.05, 0.1) is 4.92 Å². The van der Waals surface area contributed by atoms with Gasteiger partial charge in [0.25, 0.3) is 5.69 Å². The largest absolute Gasteiger partial charge is 0.317 e. The van der Waals surface area contributed by atoms with E-state index in [9.17, 15) is 10.1 Å². The summed E-state index contributed by atoms with van der Waals surface area (Å²) < 4.78 is 0. The summed E-state index contributed by atoms with van der Waals surface area (Å²) in [6, 6.07) is 5.21. The molecular formula is C14H21ClN2O2. The van der Waals surface area contributed by atoms with E-state index in [0.29, 0.717) is 29.3 Å². The van der Waals surface area contributed by atoms with Crippen LogP contribution in [0.4, 0.5) is 5.69 Å². The van der Waals surface area contributed by atoms with Crippen LogP contribution in [0.25, 0.3) is 0 Å². The molecule has 0 aromatic heterocycles. The zero-order valence-electron chi connectivity index (χ0n) is 11.8. The summed E-state index contributed by atoms with van der Waals surface area (Å²) in [5.41, 5.74) is 0.858. The molecule has 19 heavy (non-hydrogen) atoms. The minimum absolute atomic E-state index is 0.112. The van der Waals surface area contributed by atoms with Crippen LogP contribution >= 0.6 is 11.6 Å². The molecule has 2 atom stereocenters. The molecule has 0 amide bonds. The molecule has 0 radical (unpaired) electrons. The first kappa shape index (κ1) is 15.9. The molecular weight excluding hydrogens is 264 g/mol. The van der Waals surface area contributed by atoms with Gasteiger partial charge in [-0.3, -0.25) is 10.1 Å². The first-order valence-corrected chi connectivity index (χ1v) is 6.84. The van der Waals surface area contributed by atoms with Crippen molar-refractivity contribution in [3.8, 4) is 0 Å². The van der Waals surface area contributed by atoms with Crippen LogP contribution in [0.15, 0.2) is 18.2 Å². The SMILES string of the molecule is CNC(C)C(Cc1ccc(Cl)cc1[N+](=O)[O-])C(C)C. The molecule has 106 valence electrons. The van der Waals surface area contributed by atoms with Gasteiger partial charge in [0.15, 0.2) is 0 Å². The number of nitro benzene ring substituents is 1. The van der Waals surface area contributed by atoms with Gasteiger partial charge in [-0.15, -0.1) is 0 Å². The predicted octanol–water partition coefficient (Wildman–Crippen LogP) is 3.67. The molecule has 4 nitrogen and oxygen atoms in total. The molecule has 2 unspecified atom stereocenters. The van der Waals surface area contributed by atoms with Crippen LogP contribution in [0.1, 0.15) is 26.3 Å². The van der Waals surface area contributed by atoms with Gasteiger partial charge in [0, 0.05) is 22.7 Å². The third-order valence-corrected chi connectivity index (χ3v) is 3.89. The lowest BCUT2D eigenvalue weighted by molar-refractivity contribution is -0.385. The number of nitro groups is 1. The molecule has 0 aliphatic rings. The van der Waals surface area contributed by atoms with E-state index in [0.717, 1.165) is 5.56 Å². The summed E-state index contributed by atoms with van der Waals surface area (Å²) in [4.78, 5) is 10.7. The maximum Gasteiger partial charge on any atom is 0.274 e. The molecule has 0 saturated heterocycles. The van der Waals surface area contributed by atoms with Crippen molar-refractivity contribution >= 4 is 17.3 Å². The standard InChI is InChI=1S/C14H21ClN2O2/c1-9(2)13(10(3)16-4)7-11-5-6-12(15)8-14(11)17(18)19/h5-6,8-10,13,16H,7H2,1-4H3. The molecule has 1 rings (SSSR count). The van der Waals surface area contributed by atoms with Crippen LogP contribution in [0.2, 0.25) is 5.02 Å². The van der Waals surface area contributed by atoms with Gasteiger partial charge in [-0.25, -0.2) is 0 Å². The van der Waals surface area contributed by atoms with Crippen molar-refractivity contribution in [3.63, 3.8) is 0 Å². The predicted molar refractivity (Wildman–Crippen MR) is 78.7 cm³/mol. The lowest BCUT2D eigenvalue weighted by atomic mass is 9.83. The lowest BCUT2D eigenvalue weighted by Crippen LogP contribution is -2.35. The summed E-state index contributed by atoms with van der Waals surface area (Å²) in [7, 11) is 1.91. The van der Waals surface area contributed by atoms with E-state index in [-0.39, 0.29) is 10.6 Å². The van der Waals surface area contributed by atoms with Crippen LogP contribution < -0.4 is 5.32 Å². The van der Waals surface area contributed by atoms with E-state index < -0.39 is 0 Å². The van der Waals surface area contributed by atoms with Crippen molar-refractivity contribution in [1.82, 2.24) is 5.32 Å². The van der Waals surface area contributed by atoms with Gasteiger partial charge in [-0.05, 0) is 38.3 Å². The van der Waals surface area contributed by atoms with Crippen molar-refractivity contribution in [1.29, 1.82) is 0 Å². The quantitative estimate of drug-likeness (QED) is 0.640. The summed E-state index contributed by atoms with van der Waals surface area (Å²) in [6.07, 6.45) is 0.674. The Labute approximate surface area is 119 Å². The second kappa shape index (κ2) is 6.87. The molecule has 0 spiro atoms. The summed E-state index contributed by atoms with van der Waals surface area (Å²) in [5, 5.41) is 14.7. The van der Waals surface area contributed by atoms with Gasteiger partial charge in [-0.2, -0.15) is 0 Å². The summed E-state index contributed by atoms with van der Waals surface area (Å²) in [5.74, 6) is 0.780. The maximum atomic E-state index is 11.1. The van der Waals surface area contributed by atoms with Crippen molar-refractivity contribution in [3.05, 3.63) is 38.9 Å². The second-order valence-electron chi connectivity index (χ2n) is 5.22. The highest BCUT2D eigenvalue weighted by molar-refractivity contribution is 6.30. The Morgan fingerprint density at radius 2 is 2.00 bits per heavy atom. The fourth-order valence-electron chi connectivity index (χ4n) is 2.34. The molecule has 5 heteroatoms. The Morgan fingerprint density at radius 3 is 2.47 bits per heavy atom. The molecule has 0 aliphatic heterocycles. The fraction of sp³-hybridized carbons (Fsp3) is 0.571. The van der Waals surface area contributed by atoms with Crippen LogP contribution in [-0.4, -0.2) is 18.0 Å². The maximum absolute atomic E-state index is 11.1. The lowest BCUT2D eigenvalue weighted by Gasteiger charge is -2.27. The third kappa shape index (κ3) is 4.18. The first-order valence-electron chi connectivity index (χ1n) is 6.46. The van der Waals surface area contributed by atoms with Crippen molar-refractivity contribution in [2.24, 2.45) is 11.8 Å². The van der Waals surface area contributed by atoms with Crippen LogP contribution in [-0.2, 0) is 6.42 Å². The van der Waals surface area contributed by atoms with Crippen LogP contribution in [0.5, 0.6) is 0 Å². The highest BCUT2D eigenvalue weighted by atomic mass is 35.5. The van der Waals surface area contributed by atoms with E-state index in [1.807, 2.05) is 7.05 Å². The van der Waals surface area contributed by atoms with Gasteiger partial charge in [-0.1, -0.05) is 31.5 Å². The molecule has 0 fully saturated rings. The molecule has 0 saturated carbocycles. The van der Waals surface area contributed by atoms with Gasteiger partial charge in [0.1, 0.15) is 0 Å². The monoisotopic (exact) mass is 284 g/mol. The number of hydrogen-bond donors (Lipinski definition) is 1. The van der Waals surface area contributed by atoms with Gasteiger partial charge in [0.2, 0.25) is 0 Å². The van der Waals surface area contributed by atoms with Crippen LogP contribution in [0, 0.1) is 22.0 Å². The number of nitrogens with zero attached hydrogens (tertiary/aromatic N) is 1. The highest BCUT2D eigenvalue weighted by Gasteiger charge is 2.24. The second-order valence-corrected chi connectivity index (χ2v) is 5.66. The van der Waals surface area contributed by atoms with E-state index >= 15 is 0 Å².